The van der Waals surface area contributed by atoms with Gasteiger partial charge in [-0.25, -0.2) is 4.79 Å². The third-order valence-corrected chi connectivity index (χ3v) is 5.66. The van der Waals surface area contributed by atoms with Gasteiger partial charge in [0, 0.05) is 25.5 Å². The van der Waals surface area contributed by atoms with E-state index in [0.29, 0.717) is 16.1 Å². The molecule has 0 aliphatic carbocycles. The highest BCUT2D eigenvalue weighted by Gasteiger charge is 2.23. The summed E-state index contributed by atoms with van der Waals surface area (Å²) in [4.78, 5) is 25.2. The van der Waals surface area contributed by atoms with Gasteiger partial charge < -0.3 is 10.1 Å². The normalized spacial score (nSPS) is 10.5. The van der Waals surface area contributed by atoms with Gasteiger partial charge in [0.25, 0.3) is 5.91 Å². The Hall–Kier alpha value is -1.96. The summed E-state index contributed by atoms with van der Waals surface area (Å²) in [5.74, 6) is -0.743. The predicted molar refractivity (Wildman–Crippen MR) is 116 cm³/mol. The molecule has 0 fully saturated rings. The Labute approximate surface area is 177 Å². The number of nitrogens with one attached hydrogen (secondary N) is 1. The first-order valence-corrected chi connectivity index (χ1v) is 10.6. The van der Waals surface area contributed by atoms with Crippen molar-refractivity contribution in [1.82, 2.24) is 0 Å². The second-order valence-electron chi connectivity index (χ2n) is 5.55. The molecule has 2 aromatic carbocycles. The van der Waals surface area contributed by atoms with E-state index in [1.165, 1.54) is 11.3 Å². The molecule has 7 heteroatoms. The molecule has 3 rings (SSSR count). The lowest BCUT2D eigenvalue weighted by molar-refractivity contribution is 0.0529. The van der Waals surface area contributed by atoms with E-state index in [1.54, 1.807) is 25.1 Å². The Morgan fingerprint density at radius 3 is 2.48 bits per heavy atom. The molecular weight excluding hydrogens is 494 g/mol. The monoisotopic (exact) mass is 507 g/mol. The van der Waals surface area contributed by atoms with Crippen LogP contribution in [0.3, 0.4) is 0 Å². The molecule has 1 N–H and O–H groups in total. The molecule has 1 heterocycles. The molecule has 1 aromatic heterocycles. The van der Waals surface area contributed by atoms with Gasteiger partial charge in [0.15, 0.2) is 0 Å². The predicted octanol–water partition coefficient (Wildman–Crippen LogP) is 6.37. The fraction of sp³-hybridized carbons (Fsp3) is 0.100. The zero-order valence-corrected chi connectivity index (χ0v) is 18.3. The summed E-state index contributed by atoms with van der Waals surface area (Å²) in [7, 11) is 0. The van der Waals surface area contributed by atoms with Crippen LogP contribution in [0.25, 0.3) is 11.1 Å². The third kappa shape index (κ3) is 4.66. The maximum absolute atomic E-state index is 12.6. The number of thiophene rings is 1. The fourth-order valence-corrected chi connectivity index (χ4v) is 4.12. The van der Waals surface area contributed by atoms with Crippen molar-refractivity contribution in [1.29, 1.82) is 0 Å². The highest BCUT2D eigenvalue weighted by atomic mass is 79.9. The van der Waals surface area contributed by atoms with Crippen LogP contribution in [-0.2, 0) is 4.74 Å². The molecule has 1 amide bonds. The van der Waals surface area contributed by atoms with E-state index in [-0.39, 0.29) is 12.5 Å². The third-order valence-electron chi connectivity index (χ3n) is 3.74. The van der Waals surface area contributed by atoms with Crippen LogP contribution in [0.1, 0.15) is 27.6 Å². The van der Waals surface area contributed by atoms with E-state index in [0.717, 1.165) is 20.1 Å². The summed E-state index contributed by atoms with van der Waals surface area (Å²) >= 11 is 8.07. The van der Waals surface area contributed by atoms with Crippen molar-refractivity contribution in [2.45, 2.75) is 6.92 Å². The van der Waals surface area contributed by atoms with E-state index < -0.39 is 5.97 Å². The fourth-order valence-electron chi connectivity index (χ4n) is 2.50. The van der Waals surface area contributed by atoms with Crippen molar-refractivity contribution in [2.75, 3.05) is 11.9 Å². The van der Waals surface area contributed by atoms with Gasteiger partial charge in [0.2, 0.25) is 0 Å². The second-order valence-corrected chi connectivity index (χ2v) is 8.26. The van der Waals surface area contributed by atoms with Crippen LogP contribution < -0.4 is 5.32 Å². The summed E-state index contributed by atoms with van der Waals surface area (Å²) in [5, 5.41) is 5.17. The average molecular weight is 509 g/mol. The number of carbonyl (C=O) groups excluding carboxylic acids is 2. The lowest BCUT2D eigenvalue weighted by atomic mass is 10.0. The number of halogens is 2. The van der Waals surface area contributed by atoms with E-state index in [2.05, 4.69) is 37.2 Å². The Morgan fingerprint density at radius 2 is 1.81 bits per heavy atom. The van der Waals surface area contributed by atoms with Crippen molar-refractivity contribution in [3.05, 3.63) is 74.0 Å². The van der Waals surface area contributed by atoms with Gasteiger partial charge in [-0.3, -0.25) is 4.79 Å². The minimum atomic E-state index is -0.457. The zero-order chi connectivity index (χ0) is 19.4. The van der Waals surface area contributed by atoms with E-state index in [9.17, 15) is 9.59 Å². The minimum Gasteiger partial charge on any atom is -0.462 e. The average Bonchev–Trinajstić information content (AvgIpc) is 3.06. The van der Waals surface area contributed by atoms with E-state index in [4.69, 9.17) is 4.74 Å². The molecule has 0 aliphatic heterocycles. The molecule has 0 unspecified atom stereocenters. The lowest BCUT2D eigenvalue weighted by Gasteiger charge is -2.09. The van der Waals surface area contributed by atoms with Crippen LogP contribution >= 0.6 is 43.2 Å². The highest BCUT2D eigenvalue weighted by molar-refractivity contribution is 9.10. The molecule has 0 spiro atoms. The van der Waals surface area contributed by atoms with Gasteiger partial charge in [-0.05, 0) is 42.8 Å². The highest BCUT2D eigenvalue weighted by Crippen LogP contribution is 2.37. The molecule has 0 atom stereocenters. The number of hydrogen-bond acceptors (Lipinski definition) is 4. The first-order valence-electron chi connectivity index (χ1n) is 8.11. The number of rotatable bonds is 5. The maximum atomic E-state index is 12.6. The SMILES string of the molecule is CCOC(=O)c1c(-c2ccc(Br)cc2)csc1NC(=O)c1cccc(Br)c1. The Balaban J connectivity index is 1.98. The van der Waals surface area contributed by atoms with Crippen LogP contribution in [0.5, 0.6) is 0 Å². The van der Waals surface area contributed by atoms with Gasteiger partial charge in [0.1, 0.15) is 10.6 Å². The first kappa shape index (κ1) is 19.8. The van der Waals surface area contributed by atoms with Crippen molar-refractivity contribution in [3.8, 4) is 11.1 Å². The van der Waals surface area contributed by atoms with Gasteiger partial charge in [0.05, 0.1) is 6.61 Å². The number of anilines is 1. The molecule has 0 bridgehead atoms. The Kier molecular flexibility index (Phi) is 6.46. The van der Waals surface area contributed by atoms with Crippen molar-refractivity contribution < 1.29 is 14.3 Å². The van der Waals surface area contributed by atoms with Crippen molar-refractivity contribution in [2.24, 2.45) is 0 Å². The Bertz CT molecular complexity index is 983. The molecule has 0 aliphatic rings. The van der Waals surface area contributed by atoms with Crippen LogP contribution in [-0.4, -0.2) is 18.5 Å². The summed E-state index contributed by atoms with van der Waals surface area (Å²) in [6.07, 6.45) is 0. The second kappa shape index (κ2) is 8.82. The molecule has 0 radical (unpaired) electrons. The number of benzene rings is 2. The molecule has 27 heavy (non-hydrogen) atoms. The molecule has 0 saturated heterocycles. The van der Waals surface area contributed by atoms with E-state index in [1.807, 2.05) is 35.7 Å². The van der Waals surface area contributed by atoms with Crippen LogP contribution in [0.15, 0.2) is 62.9 Å². The molecule has 0 saturated carbocycles. The molecular formula is C20H15Br2NO3S. The largest absolute Gasteiger partial charge is 0.462 e. The zero-order valence-electron chi connectivity index (χ0n) is 14.3. The first-order chi connectivity index (χ1) is 13.0. The standard InChI is InChI=1S/C20H15Br2NO3S/c1-2-26-20(25)17-16(12-6-8-14(21)9-7-12)11-27-19(17)23-18(24)13-4-3-5-15(22)10-13/h3-11H,2H2,1H3,(H,23,24). The minimum absolute atomic E-state index is 0.257. The van der Waals surface area contributed by atoms with Gasteiger partial charge in [-0.15, -0.1) is 11.3 Å². The van der Waals surface area contributed by atoms with Crippen molar-refractivity contribution in [3.63, 3.8) is 0 Å². The number of ether oxygens (including phenoxy) is 1. The van der Waals surface area contributed by atoms with Crippen LogP contribution in [0, 0.1) is 0 Å². The quantitative estimate of drug-likeness (QED) is 0.407. The van der Waals surface area contributed by atoms with Crippen LogP contribution in [0.4, 0.5) is 5.00 Å². The summed E-state index contributed by atoms with van der Waals surface area (Å²) in [6, 6.07) is 14.7. The topological polar surface area (TPSA) is 55.4 Å². The summed E-state index contributed by atoms with van der Waals surface area (Å²) in [5.41, 5.74) is 2.47. The molecule has 4 nitrogen and oxygen atoms in total. The maximum Gasteiger partial charge on any atom is 0.341 e. The Morgan fingerprint density at radius 1 is 1.07 bits per heavy atom. The lowest BCUT2D eigenvalue weighted by Crippen LogP contribution is -2.14. The van der Waals surface area contributed by atoms with Crippen LogP contribution in [0.2, 0.25) is 0 Å². The molecule has 138 valence electrons. The number of amides is 1. The van der Waals surface area contributed by atoms with E-state index >= 15 is 0 Å². The van der Waals surface area contributed by atoms with Gasteiger partial charge in [-0.1, -0.05) is 50.1 Å². The number of esters is 1. The summed E-state index contributed by atoms with van der Waals surface area (Å²) < 4.78 is 6.97. The molecule has 3 aromatic rings. The number of carbonyl (C=O) groups is 2. The smallest absolute Gasteiger partial charge is 0.341 e. The van der Waals surface area contributed by atoms with Crippen molar-refractivity contribution >= 4 is 60.1 Å². The van der Waals surface area contributed by atoms with Gasteiger partial charge >= 0.3 is 5.97 Å². The number of hydrogen-bond donors (Lipinski definition) is 1. The summed E-state index contributed by atoms with van der Waals surface area (Å²) in [6.45, 7) is 2.01. The van der Waals surface area contributed by atoms with Gasteiger partial charge in [-0.2, -0.15) is 0 Å².